The van der Waals surface area contributed by atoms with Crippen LogP contribution in [0.15, 0.2) is 23.6 Å². The lowest BCUT2D eigenvalue weighted by atomic mass is 10.0. The number of aryl methyl sites for hydroxylation is 3. The zero-order valence-electron chi connectivity index (χ0n) is 10.6. The molecule has 0 aliphatic rings. The predicted octanol–water partition coefficient (Wildman–Crippen LogP) is 1.70. The smallest absolute Gasteiger partial charge is 0.243 e. The second kappa shape index (κ2) is 4.53. The van der Waals surface area contributed by atoms with Crippen LogP contribution < -0.4 is 0 Å². The highest BCUT2D eigenvalue weighted by molar-refractivity contribution is 7.90. The molecule has 0 radical (unpaired) electrons. The van der Waals surface area contributed by atoms with E-state index < -0.39 is 9.84 Å². The molecule has 0 bridgehead atoms. The molecule has 18 heavy (non-hydrogen) atoms. The van der Waals surface area contributed by atoms with Crippen LogP contribution in [0, 0.1) is 20.8 Å². The third-order valence-electron chi connectivity index (χ3n) is 2.86. The van der Waals surface area contributed by atoms with E-state index in [-0.39, 0.29) is 10.9 Å². The Labute approximate surface area is 106 Å². The van der Waals surface area contributed by atoms with Gasteiger partial charge in [-0.1, -0.05) is 17.7 Å². The Morgan fingerprint density at radius 3 is 2.28 bits per heavy atom. The maximum atomic E-state index is 12.1. The molecule has 2 rings (SSSR count). The fraction of sp³-hybridized carbons (Fsp3) is 0.333. The number of aromatic amines is 1. The van der Waals surface area contributed by atoms with Crippen LogP contribution in [0.5, 0.6) is 0 Å². The maximum absolute atomic E-state index is 12.1. The highest BCUT2D eigenvalue weighted by Gasteiger charge is 2.20. The average molecular weight is 265 g/mol. The standard InChI is InChI=1S/C12H15N3O2S/c1-8-4-9(2)11(10(3)5-8)6-18(16,17)12-13-7-14-15-12/h4-5,7H,6H2,1-3H3,(H,13,14,15). The number of rotatable bonds is 3. The monoisotopic (exact) mass is 265 g/mol. The molecule has 6 heteroatoms. The number of sulfone groups is 1. The first-order chi connectivity index (χ1) is 8.40. The lowest BCUT2D eigenvalue weighted by molar-refractivity contribution is 0.586. The van der Waals surface area contributed by atoms with E-state index in [0.29, 0.717) is 0 Å². The summed E-state index contributed by atoms with van der Waals surface area (Å²) in [6, 6.07) is 3.97. The van der Waals surface area contributed by atoms with Gasteiger partial charge in [-0.05, 0) is 37.5 Å². The highest BCUT2D eigenvalue weighted by Crippen LogP contribution is 2.21. The van der Waals surface area contributed by atoms with Crippen molar-refractivity contribution in [2.24, 2.45) is 0 Å². The van der Waals surface area contributed by atoms with Gasteiger partial charge in [-0.3, -0.25) is 5.10 Å². The van der Waals surface area contributed by atoms with E-state index in [1.165, 1.54) is 6.33 Å². The van der Waals surface area contributed by atoms with Crippen LogP contribution in [0.2, 0.25) is 0 Å². The number of aromatic nitrogens is 3. The van der Waals surface area contributed by atoms with Crippen LogP contribution in [0.3, 0.4) is 0 Å². The van der Waals surface area contributed by atoms with Gasteiger partial charge in [-0.25, -0.2) is 13.4 Å². The number of benzene rings is 1. The molecular weight excluding hydrogens is 250 g/mol. The predicted molar refractivity (Wildman–Crippen MR) is 67.9 cm³/mol. The van der Waals surface area contributed by atoms with Gasteiger partial charge in [-0.2, -0.15) is 5.10 Å². The van der Waals surface area contributed by atoms with Crippen LogP contribution in [-0.2, 0) is 15.6 Å². The maximum Gasteiger partial charge on any atom is 0.243 e. The fourth-order valence-corrected chi connectivity index (χ4v) is 3.41. The van der Waals surface area contributed by atoms with Gasteiger partial charge in [0.25, 0.3) is 0 Å². The second-order valence-electron chi connectivity index (χ2n) is 4.43. The molecule has 0 saturated carbocycles. The summed E-state index contributed by atoms with van der Waals surface area (Å²) in [4.78, 5) is 3.71. The minimum Gasteiger partial charge on any atom is -0.250 e. The molecule has 5 nitrogen and oxygen atoms in total. The van der Waals surface area contributed by atoms with Gasteiger partial charge in [-0.15, -0.1) is 0 Å². The highest BCUT2D eigenvalue weighted by atomic mass is 32.2. The lowest BCUT2D eigenvalue weighted by Gasteiger charge is -2.10. The largest absolute Gasteiger partial charge is 0.250 e. The van der Waals surface area contributed by atoms with Gasteiger partial charge in [0.2, 0.25) is 15.0 Å². The van der Waals surface area contributed by atoms with E-state index in [0.717, 1.165) is 22.3 Å². The van der Waals surface area contributed by atoms with E-state index in [4.69, 9.17) is 0 Å². The zero-order valence-corrected chi connectivity index (χ0v) is 11.4. The molecule has 0 aliphatic heterocycles. The molecule has 0 aliphatic carbocycles. The fourth-order valence-electron chi connectivity index (χ4n) is 2.04. The Balaban J connectivity index is 2.42. The van der Waals surface area contributed by atoms with E-state index in [9.17, 15) is 8.42 Å². The lowest BCUT2D eigenvalue weighted by Crippen LogP contribution is -2.09. The number of hydrogen-bond acceptors (Lipinski definition) is 4. The summed E-state index contributed by atoms with van der Waals surface area (Å²) in [5.74, 6) is -0.0554. The van der Waals surface area contributed by atoms with E-state index in [1.807, 2.05) is 32.9 Å². The summed E-state index contributed by atoms with van der Waals surface area (Å²) in [5.41, 5.74) is 3.92. The normalized spacial score (nSPS) is 11.7. The first kappa shape index (κ1) is 12.8. The van der Waals surface area contributed by atoms with Crippen molar-refractivity contribution in [3.05, 3.63) is 40.7 Å². The van der Waals surface area contributed by atoms with Crippen molar-refractivity contribution in [1.82, 2.24) is 15.2 Å². The minimum atomic E-state index is -3.46. The molecule has 2 aromatic rings. The zero-order chi connectivity index (χ0) is 13.3. The quantitative estimate of drug-likeness (QED) is 0.916. The summed E-state index contributed by atoms with van der Waals surface area (Å²) in [5, 5.41) is 5.89. The topological polar surface area (TPSA) is 75.7 Å². The molecule has 96 valence electrons. The van der Waals surface area contributed by atoms with Crippen molar-refractivity contribution in [2.75, 3.05) is 0 Å². The van der Waals surface area contributed by atoms with Crippen molar-refractivity contribution in [3.8, 4) is 0 Å². The summed E-state index contributed by atoms with van der Waals surface area (Å²) in [6.07, 6.45) is 1.20. The van der Waals surface area contributed by atoms with Gasteiger partial charge >= 0.3 is 0 Å². The van der Waals surface area contributed by atoms with E-state index in [1.54, 1.807) is 0 Å². The van der Waals surface area contributed by atoms with Gasteiger partial charge < -0.3 is 0 Å². The van der Waals surface area contributed by atoms with E-state index >= 15 is 0 Å². The van der Waals surface area contributed by atoms with Crippen LogP contribution in [-0.4, -0.2) is 23.6 Å². The molecular formula is C12H15N3O2S. The Kier molecular flexibility index (Phi) is 3.21. The Morgan fingerprint density at radius 2 is 1.78 bits per heavy atom. The minimum absolute atomic E-state index is 0.0554. The first-order valence-corrected chi connectivity index (χ1v) is 7.20. The Morgan fingerprint density at radius 1 is 1.17 bits per heavy atom. The van der Waals surface area contributed by atoms with Crippen molar-refractivity contribution in [3.63, 3.8) is 0 Å². The average Bonchev–Trinajstić information content (AvgIpc) is 2.77. The Bertz CT molecular complexity index is 638. The molecule has 0 atom stereocenters. The summed E-state index contributed by atoms with van der Waals surface area (Å²) >= 11 is 0. The number of H-pyrrole nitrogens is 1. The van der Waals surface area contributed by atoms with Crippen molar-refractivity contribution < 1.29 is 8.42 Å². The van der Waals surface area contributed by atoms with Gasteiger partial charge in [0.15, 0.2) is 0 Å². The molecule has 0 unspecified atom stereocenters. The van der Waals surface area contributed by atoms with Crippen LogP contribution in [0.1, 0.15) is 22.3 Å². The van der Waals surface area contributed by atoms with Crippen LogP contribution in [0.25, 0.3) is 0 Å². The molecule has 0 saturated heterocycles. The van der Waals surface area contributed by atoms with Gasteiger partial charge in [0.05, 0.1) is 5.75 Å². The molecule has 0 fully saturated rings. The third kappa shape index (κ3) is 2.43. The summed E-state index contributed by atoms with van der Waals surface area (Å²) < 4.78 is 24.2. The first-order valence-electron chi connectivity index (χ1n) is 5.55. The summed E-state index contributed by atoms with van der Waals surface area (Å²) in [6.45, 7) is 5.84. The van der Waals surface area contributed by atoms with Crippen molar-refractivity contribution in [1.29, 1.82) is 0 Å². The summed E-state index contributed by atoms with van der Waals surface area (Å²) in [7, 11) is -3.46. The molecule has 1 aromatic heterocycles. The molecule has 1 heterocycles. The van der Waals surface area contributed by atoms with Crippen molar-refractivity contribution in [2.45, 2.75) is 31.7 Å². The van der Waals surface area contributed by atoms with E-state index in [2.05, 4.69) is 15.2 Å². The molecule has 1 aromatic carbocycles. The SMILES string of the molecule is Cc1cc(C)c(CS(=O)(=O)c2ncn[nH]2)c(C)c1. The van der Waals surface area contributed by atoms with Gasteiger partial charge in [0, 0.05) is 0 Å². The van der Waals surface area contributed by atoms with Crippen LogP contribution in [0.4, 0.5) is 0 Å². The molecule has 0 spiro atoms. The Hall–Kier alpha value is -1.69. The number of nitrogens with zero attached hydrogens (tertiary/aromatic N) is 2. The molecule has 1 N–H and O–H groups in total. The van der Waals surface area contributed by atoms with Crippen molar-refractivity contribution >= 4 is 9.84 Å². The molecule has 0 amide bonds. The van der Waals surface area contributed by atoms with Crippen LogP contribution >= 0.6 is 0 Å². The number of hydrogen-bond donors (Lipinski definition) is 1. The second-order valence-corrected chi connectivity index (χ2v) is 6.33. The van der Waals surface area contributed by atoms with Gasteiger partial charge in [0.1, 0.15) is 6.33 Å². The number of nitrogens with one attached hydrogen (secondary N) is 1. The third-order valence-corrected chi connectivity index (χ3v) is 4.32.